The van der Waals surface area contributed by atoms with Crippen molar-refractivity contribution in [3.63, 3.8) is 0 Å². The topological polar surface area (TPSA) is 30.5 Å². The Kier molecular flexibility index (Phi) is 4.07. The summed E-state index contributed by atoms with van der Waals surface area (Å²) in [7, 11) is 0. The third-order valence-electron chi connectivity index (χ3n) is 4.49. The van der Waals surface area contributed by atoms with E-state index >= 15 is 0 Å². The van der Waals surface area contributed by atoms with Gasteiger partial charge in [-0.1, -0.05) is 28.9 Å². The number of benzene rings is 1. The van der Waals surface area contributed by atoms with Crippen molar-refractivity contribution in [2.24, 2.45) is 0 Å². The van der Waals surface area contributed by atoms with Crippen molar-refractivity contribution < 1.29 is 9.47 Å². The van der Waals surface area contributed by atoms with Crippen molar-refractivity contribution in [2.75, 3.05) is 13.2 Å². The van der Waals surface area contributed by atoms with Crippen LogP contribution in [-0.2, 0) is 4.74 Å². The molecule has 3 atom stereocenters. The van der Waals surface area contributed by atoms with E-state index in [1.807, 2.05) is 0 Å². The van der Waals surface area contributed by atoms with Gasteiger partial charge in [-0.25, -0.2) is 0 Å². The van der Waals surface area contributed by atoms with Crippen LogP contribution in [-0.4, -0.2) is 24.9 Å². The Morgan fingerprint density at radius 3 is 3.00 bits per heavy atom. The minimum Gasteiger partial charge on any atom is -0.484 e. The van der Waals surface area contributed by atoms with Gasteiger partial charge in [-0.3, -0.25) is 0 Å². The second-order valence-corrected chi connectivity index (χ2v) is 6.74. The Balaban J connectivity index is 1.95. The molecule has 0 amide bonds. The molecule has 110 valence electrons. The third-order valence-corrected chi connectivity index (χ3v) is 4.98. The Bertz CT molecular complexity index is 493. The van der Waals surface area contributed by atoms with Crippen molar-refractivity contribution in [3.05, 3.63) is 28.2 Å². The van der Waals surface area contributed by atoms with Crippen molar-refractivity contribution in [1.29, 1.82) is 0 Å². The van der Waals surface area contributed by atoms with E-state index < -0.39 is 0 Å². The molecule has 4 heteroatoms. The number of rotatable bonds is 3. The highest BCUT2D eigenvalue weighted by atomic mass is 79.9. The molecule has 0 aliphatic carbocycles. The highest BCUT2D eigenvalue weighted by Crippen LogP contribution is 2.46. The normalized spacial score (nSPS) is 32.1. The van der Waals surface area contributed by atoms with Crippen molar-refractivity contribution in [2.45, 2.75) is 50.9 Å². The van der Waals surface area contributed by atoms with E-state index in [1.54, 1.807) is 0 Å². The maximum Gasteiger partial charge on any atom is 0.139 e. The molecule has 3 unspecified atom stereocenters. The van der Waals surface area contributed by atoms with E-state index in [4.69, 9.17) is 9.47 Å². The summed E-state index contributed by atoms with van der Waals surface area (Å²) in [5.74, 6) is 0.997. The van der Waals surface area contributed by atoms with Crippen LogP contribution >= 0.6 is 15.9 Å². The van der Waals surface area contributed by atoms with E-state index in [9.17, 15) is 0 Å². The molecule has 1 N–H and O–H groups in total. The highest BCUT2D eigenvalue weighted by Gasteiger charge is 2.48. The molecule has 0 aromatic heterocycles. The SMILES string of the molecule is CCCNC1CC2(CCOC2C)Oc2cc(Br)ccc21. The first-order valence-corrected chi connectivity index (χ1v) is 8.27. The maximum atomic E-state index is 6.39. The molecular weight excluding hydrogens is 318 g/mol. The first kappa shape index (κ1) is 14.4. The van der Waals surface area contributed by atoms with Crippen LogP contribution in [0.1, 0.15) is 44.7 Å². The second kappa shape index (κ2) is 5.66. The van der Waals surface area contributed by atoms with E-state index in [2.05, 4.69) is 53.3 Å². The number of nitrogens with one attached hydrogen (secondary N) is 1. The molecule has 2 aliphatic rings. The van der Waals surface area contributed by atoms with E-state index in [-0.39, 0.29) is 11.7 Å². The largest absolute Gasteiger partial charge is 0.484 e. The zero-order valence-electron chi connectivity index (χ0n) is 12.1. The molecule has 1 aromatic rings. The standard InChI is InChI=1S/C16H22BrNO2/c1-3-7-18-14-10-16(6-8-19-11(16)2)20-15-9-12(17)4-5-13(14)15/h4-5,9,11,14,18H,3,6-8,10H2,1-2H3. The van der Waals surface area contributed by atoms with Crippen LogP contribution in [0, 0.1) is 0 Å². The molecule has 1 fully saturated rings. The number of ether oxygens (including phenoxy) is 2. The summed E-state index contributed by atoms with van der Waals surface area (Å²) < 4.78 is 13.2. The van der Waals surface area contributed by atoms with Crippen molar-refractivity contribution in [3.8, 4) is 5.75 Å². The molecule has 1 saturated heterocycles. The monoisotopic (exact) mass is 339 g/mol. The first-order chi connectivity index (χ1) is 9.64. The predicted molar refractivity (Wildman–Crippen MR) is 83.2 cm³/mol. The predicted octanol–water partition coefficient (Wildman–Crippen LogP) is 3.82. The summed E-state index contributed by atoms with van der Waals surface area (Å²) in [6.45, 7) is 6.16. The minimum absolute atomic E-state index is 0.153. The Hall–Kier alpha value is -0.580. The van der Waals surface area contributed by atoms with Gasteiger partial charge in [-0.05, 0) is 32.0 Å². The lowest BCUT2D eigenvalue weighted by molar-refractivity contribution is -0.0307. The summed E-state index contributed by atoms with van der Waals surface area (Å²) in [6, 6.07) is 6.70. The van der Waals surface area contributed by atoms with E-state index in [0.717, 1.165) is 42.6 Å². The zero-order chi connectivity index (χ0) is 14.2. The van der Waals surface area contributed by atoms with Gasteiger partial charge in [0.1, 0.15) is 11.4 Å². The lowest BCUT2D eigenvalue weighted by atomic mass is 9.83. The lowest BCUT2D eigenvalue weighted by Crippen LogP contribution is -2.48. The van der Waals surface area contributed by atoms with E-state index in [0.29, 0.717) is 6.04 Å². The van der Waals surface area contributed by atoms with Gasteiger partial charge in [0.15, 0.2) is 0 Å². The average Bonchev–Trinajstić information content (AvgIpc) is 2.76. The summed E-state index contributed by atoms with van der Waals surface area (Å²) in [4.78, 5) is 0. The zero-order valence-corrected chi connectivity index (χ0v) is 13.7. The first-order valence-electron chi connectivity index (χ1n) is 7.48. The number of halogens is 1. The van der Waals surface area contributed by atoms with Crippen molar-refractivity contribution in [1.82, 2.24) is 5.32 Å². The van der Waals surface area contributed by atoms with Crippen molar-refractivity contribution >= 4 is 15.9 Å². The molecular formula is C16H22BrNO2. The van der Waals surface area contributed by atoms with Crippen LogP contribution in [0.4, 0.5) is 0 Å². The number of fused-ring (bicyclic) bond motifs is 1. The molecule has 2 heterocycles. The number of hydrogen-bond donors (Lipinski definition) is 1. The molecule has 2 aliphatic heterocycles. The average molecular weight is 340 g/mol. The quantitative estimate of drug-likeness (QED) is 0.907. The van der Waals surface area contributed by atoms with Gasteiger partial charge < -0.3 is 14.8 Å². The Morgan fingerprint density at radius 2 is 2.30 bits per heavy atom. The molecule has 0 bridgehead atoms. The Morgan fingerprint density at radius 1 is 1.45 bits per heavy atom. The third kappa shape index (κ3) is 2.49. The van der Waals surface area contributed by atoms with Gasteiger partial charge in [-0.2, -0.15) is 0 Å². The van der Waals surface area contributed by atoms with Gasteiger partial charge in [0, 0.05) is 28.9 Å². The van der Waals surface area contributed by atoms with Gasteiger partial charge >= 0.3 is 0 Å². The smallest absolute Gasteiger partial charge is 0.139 e. The fourth-order valence-electron chi connectivity index (χ4n) is 3.27. The van der Waals surface area contributed by atoms with E-state index in [1.165, 1.54) is 5.56 Å². The van der Waals surface area contributed by atoms with Gasteiger partial charge in [-0.15, -0.1) is 0 Å². The van der Waals surface area contributed by atoms with Crippen LogP contribution in [0.25, 0.3) is 0 Å². The number of hydrogen-bond acceptors (Lipinski definition) is 3. The minimum atomic E-state index is -0.167. The van der Waals surface area contributed by atoms with Crippen LogP contribution in [0.15, 0.2) is 22.7 Å². The van der Waals surface area contributed by atoms with Gasteiger partial charge in [0.05, 0.1) is 12.7 Å². The summed E-state index contributed by atoms with van der Waals surface area (Å²) in [6.07, 6.45) is 3.26. The van der Waals surface area contributed by atoms with Gasteiger partial charge in [0.2, 0.25) is 0 Å². The van der Waals surface area contributed by atoms with Gasteiger partial charge in [0.25, 0.3) is 0 Å². The molecule has 3 rings (SSSR count). The van der Waals surface area contributed by atoms with Crippen LogP contribution in [0.5, 0.6) is 5.75 Å². The Labute approximate surface area is 129 Å². The second-order valence-electron chi connectivity index (χ2n) is 5.82. The molecule has 3 nitrogen and oxygen atoms in total. The molecule has 0 saturated carbocycles. The van der Waals surface area contributed by atoms with Crippen LogP contribution in [0.3, 0.4) is 0 Å². The summed E-state index contributed by atoms with van der Waals surface area (Å²) in [5, 5.41) is 3.67. The fourth-order valence-corrected chi connectivity index (χ4v) is 3.61. The molecule has 1 spiro atoms. The molecule has 0 radical (unpaired) electrons. The van der Waals surface area contributed by atoms with Crippen LogP contribution in [0.2, 0.25) is 0 Å². The molecule has 20 heavy (non-hydrogen) atoms. The highest BCUT2D eigenvalue weighted by molar-refractivity contribution is 9.10. The fraction of sp³-hybridized carbons (Fsp3) is 0.625. The van der Waals surface area contributed by atoms with Crippen LogP contribution < -0.4 is 10.1 Å². The molecule has 1 aromatic carbocycles. The lowest BCUT2D eigenvalue weighted by Gasteiger charge is -2.42. The summed E-state index contributed by atoms with van der Waals surface area (Å²) in [5.41, 5.74) is 1.10. The summed E-state index contributed by atoms with van der Waals surface area (Å²) >= 11 is 3.54. The maximum absolute atomic E-state index is 6.39.